The van der Waals surface area contributed by atoms with Gasteiger partial charge in [0.15, 0.2) is 0 Å². The van der Waals surface area contributed by atoms with Gasteiger partial charge in [-0.2, -0.15) is 0 Å². The summed E-state index contributed by atoms with van der Waals surface area (Å²) in [5.74, 6) is -0.703. The molecule has 0 unspecified atom stereocenters. The highest BCUT2D eigenvalue weighted by atomic mass is 79.9. The Balaban J connectivity index is 1.66. The van der Waals surface area contributed by atoms with E-state index in [1.807, 2.05) is 22.7 Å². The lowest BCUT2D eigenvalue weighted by atomic mass is 10.3. The molecule has 0 radical (unpaired) electrons. The van der Waals surface area contributed by atoms with Crippen molar-refractivity contribution in [2.75, 3.05) is 5.32 Å². The average molecular weight is 411 g/mol. The fourth-order valence-corrected chi connectivity index (χ4v) is 2.77. The van der Waals surface area contributed by atoms with Crippen LogP contribution in [-0.4, -0.2) is 35.4 Å². The zero-order valence-electron chi connectivity index (χ0n) is 13.2. The molecule has 0 amide bonds. The number of imidazole rings is 1. The normalized spacial score (nSPS) is 10.8. The van der Waals surface area contributed by atoms with Crippen molar-refractivity contribution in [2.45, 2.75) is 0 Å². The van der Waals surface area contributed by atoms with E-state index in [9.17, 15) is 4.79 Å². The maximum atomic E-state index is 10.9. The first-order valence-electron chi connectivity index (χ1n) is 7.52. The van der Waals surface area contributed by atoms with E-state index >= 15 is 0 Å². The quantitative estimate of drug-likeness (QED) is 0.530. The van der Waals surface area contributed by atoms with Gasteiger partial charge in [0.2, 0.25) is 5.95 Å². The Morgan fingerprint density at radius 1 is 1.08 bits per heavy atom. The van der Waals surface area contributed by atoms with Gasteiger partial charge >= 0.3 is 5.97 Å². The van der Waals surface area contributed by atoms with E-state index < -0.39 is 5.97 Å². The molecular weight excluding hydrogens is 400 g/mol. The number of carbonyl (C=O) groups is 1. The summed E-state index contributed by atoms with van der Waals surface area (Å²) in [5, 5.41) is 11.9. The lowest BCUT2D eigenvalue weighted by Crippen LogP contribution is -2.02. The molecule has 0 atom stereocenters. The lowest BCUT2D eigenvalue weighted by Gasteiger charge is -2.07. The predicted octanol–water partition coefficient (Wildman–Crippen LogP) is 3.39. The molecular formula is C17H11BrN6O2. The van der Waals surface area contributed by atoms with E-state index in [4.69, 9.17) is 5.11 Å². The van der Waals surface area contributed by atoms with Crippen LogP contribution in [0.1, 0.15) is 10.5 Å². The first-order valence-corrected chi connectivity index (χ1v) is 8.32. The highest BCUT2D eigenvalue weighted by Gasteiger charge is 2.10. The summed E-state index contributed by atoms with van der Waals surface area (Å²) in [6.45, 7) is 0. The second kappa shape index (κ2) is 6.52. The maximum Gasteiger partial charge on any atom is 0.354 e. The summed E-state index contributed by atoms with van der Waals surface area (Å²) in [4.78, 5) is 27.8. The SMILES string of the molecule is O=C(O)c1ccc(Nc2nccc(-c3cnc4ccc(Br)cn34)n2)cn1. The van der Waals surface area contributed by atoms with Gasteiger partial charge in [-0.1, -0.05) is 0 Å². The van der Waals surface area contributed by atoms with Gasteiger partial charge in [0.05, 0.1) is 29.5 Å². The molecule has 0 aliphatic heterocycles. The highest BCUT2D eigenvalue weighted by Crippen LogP contribution is 2.22. The molecule has 2 N–H and O–H groups in total. The van der Waals surface area contributed by atoms with E-state index in [-0.39, 0.29) is 5.69 Å². The van der Waals surface area contributed by atoms with Gasteiger partial charge in [-0.3, -0.25) is 4.40 Å². The molecule has 0 aliphatic carbocycles. The molecule has 0 saturated carbocycles. The first-order chi connectivity index (χ1) is 12.6. The van der Waals surface area contributed by atoms with E-state index in [1.54, 1.807) is 24.5 Å². The van der Waals surface area contributed by atoms with Gasteiger partial charge in [0.25, 0.3) is 0 Å². The molecule has 8 nitrogen and oxygen atoms in total. The number of hydrogen-bond acceptors (Lipinski definition) is 6. The van der Waals surface area contributed by atoms with Crippen LogP contribution in [0.25, 0.3) is 17.0 Å². The van der Waals surface area contributed by atoms with Crippen molar-refractivity contribution in [3.05, 3.63) is 65.3 Å². The van der Waals surface area contributed by atoms with Crippen molar-refractivity contribution >= 4 is 39.2 Å². The molecule has 0 aromatic carbocycles. The molecule has 0 fully saturated rings. The standard InChI is InChI=1S/C17H11BrN6O2/c18-10-1-4-15-21-8-14(24(15)9-10)12-5-6-19-17(23-12)22-11-2-3-13(16(25)26)20-7-11/h1-9H,(H,25,26)(H,19,22,23). The van der Waals surface area contributed by atoms with Gasteiger partial charge in [-0.15, -0.1) is 0 Å². The summed E-state index contributed by atoms with van der Waals surface area (Å²) in [6, 6.07) is 8.64. The first kappa shape index (κ1) is 16.2. The van der Waals surface area contributed by atoms with Crippen molar-refractivity contribution in [3.63, 3.8) is 0 Å². The molecule has 0 saturated heterocycles. The summed E-state index contributed by atoms with van der Waals surface area (Å²) in [6.07, 6.45) is 6.73. The monoisotopic (exact) mass is 410 g/mol. The predicted molar refractivity (Wildman–Crippen MR) is 98.4 cm³/mol. The molecule has 4 heterocycles. The molecule has 9 heteroatoms. The van der Waals surface area contributed by atoms with Gasteiger partial charge in [-0.05, 0) is 46.3 Å². The van der Waals surface area contributed by atoms with E-state index in [1.165, 1.54) is 12.3 Å². The lowest BCUT2D eigenvalue weighted by molar-refractivity contribution is 0.0690. The van der Waals surface area contributed by atoms with Gasteiger partial charge in [-0.25, -0.2) is 24.7 Å². The zero-order chi connectivity index (χ0) is 18.1. The summed E-state index contributed by atoms with van der Waals surface area (Å²) >= 11 is 3.46. The number of halogens is 1. The van der Waals surface area contributed by atoms with Crippen molar-refractivity contribution in [3.8, 4) is 11.4 Å². The van der Waals surface area contributed by atoms with E-state index in [0.717, 1.165) is 15.8 Å². The largest absolute Gasteiger partial charge is 0.477 e. The molecule has 0 aliphatic rings. The molecule has 4 aromatic heterocycles. The number of anilines is 2. The smallest absolute Gasteiger partial charge is 0.354 e. The number of hydrogen-bond donors (Lipinski definition) is 2. The van der Waals surface area contributed by atoms with Crippen LogP contribution in [0, 0.1) is 0 Å². The summed E-state index contributed by atoms with van der Waals surface area (Å²) in [7, 11) is 0. The third-order valence-electron chi connectivity index (χ3n) is 3.63. The van der Waals surface area contributed by atoms with Gasteiger partial charge in [0, 0.05) is 16.9 Å². The number of nitrogens with zero attached hydrogens (tertiary/aromatic N) is 5. The molecule has 26 heavy (non-hydrogen) atoms. The molecule has 128 valence electrons. The van der Waals surface area contributed by atoms with Crippen LogP contribution in [0.4, 0.5) is 11.6 Å². The number of pyridine rings is 2. The molecule has 4 rings (SSSR count). The van der Waals surface area contributed by atoms with Crippen LogP contribution in [0.2, 0.25) is 0 Å². The van der Waals surface area contributed by atoms with Crippen LogP contribution < -0.4 is 5.32 Å². The Morgan fingerprint density at radius 2 is 1.96 bits per heavy atom. The Hall–Kier alpha value is -3.33. The summed E-state index contributed by atoms with van der Waals surface area (Å²) in [5.41, 5.74) is 2.90. The number of carboxylic acid groups (broad SMARTS) is 1. The third-order valence-corrected chi connectivity index (χ3v) is 4.10. The van der Waals surface area contributed by atoms with Gasteiger partial charge in [0.1, 0.15) is 11.3 Å². The molecule has 0 spiro atoms. The Kier molecular flexibility index (Phi) is 4.05. The minimum absolute atomic E-state index is 0.0264. The van der Waals surface area contributed by atoms with Crippen molar-refractivity contribution < 1.29 is 9.90 Å². The maximum absolute atomic E-state index is 10.9. The number of aromatic carboxylic acids is 1. The topological polar surface area (TPSA) is 105 Å². The van der Waals surface area contributed by atoms with Crippen molar-refractivity contribution in [1.29, 1.82) is 0 Å². The van der Waals surface area contributed by atoms with Crippen molar-refractivity contribution in [2.24, 2.45) is 0 Å². The molecule has 0 bridgehead atoms. The molecule has 4 aromatic rings. The highest BCUT2D eigenvalue weighted by molar-refractivity contribution is 9.10. The average Bonchev–Trinajstić information content (AvgIpc) is 3.05. The summed E-state index contributed by atoms with van der Waals surface area (Å²) < 4.78 is 2.86. The fraction of sp³-hybridized carbons (Fsp3) is 0. The minimum atomic E-state index is -1.08. The fourth-order valence-electron chi connectivity index (χ4n) is 2.43. The van der Waals surface area contributed by atoms with Crippen LogP contribution in [-0.2, 0) is 0 Å². The van der Waals surface area contributed by atoms with E-state index in [0.29, 0.717) is 17.3 Å². The van der Waals surface area contributed by atoms with Crippen molar-refractivity contribution in [1.82, 2.24) is 24.3 Å². The van der Waals surface area contributed by atoms with Crippen LogP contribution in [0.5, 0.6) is 0 Å². The second-order valence-electron chi connectivity index (χ2n) is 5.35. The number of fused-ring (bicyclic) bond motifs is 1. The number of aromatic nitrogens is 5. The Morgan fingerprint density at radius 3 is 2.73 bits per heavy atom. The van der Waals surface area contributed by atoms with Crippen LogP contribution in [0.15, 0.2) is 59.6 Å². The Bertz CT molecular complexity index is 1110. The third kappa shape index (κ3) is 3.11. The van der Waals surface area contributed by atoms with Gasteiger partial charge < -0.3 is 10.4 Å². The zero-order valence-corrected chi connectivity index (χ0v) is 14.8. The second-order valence-corrected chi connectivity index (χ2v) is 6.26. The van der Waals surface area contributed by atoms with Crippen LogP contribution >= 0.6 is 15.9 Å². The minimum Gasteiger partial charge on any atom is -0.477 e. The number of carboxylic acids is 1. The number of rotatable bonds is 4. The number of nitrogens with one attached hydrogen (secondary N) is 1. The van der Waals surface area contributed by atoms with E-state index in [2.05, 4.69) is 41.2 Å². The Labute approximate surface area is 155 Å². The van der Waals surface area contributed by atoms with Crippen LogP contribution in [0.3, 0.4) is 0 Å².